The zero-order valence-corrected chi connectivity index (χ0v) is 8.26. The first-order valence-corrected chi connectivity index (χ1v) is 5.56. The number of aromatic nitrogens is 1. The zero-order valence-electron chi connectivity index (χ0n) is 7.44. The smallest absolute Gasteiger partial charge is 0.125 e. The lowest BCUT2D eigenvalue weighted by molar-refractivity contribution is 0.858. The third kappa shape index (κ3) is 2.06. The molecule has 1 aliphatic rings. The maximum atomic E-state index is 5.62. The molecule has 1 aromatic rings. The van der Waals surface area contributed by atoms with E-state index in [9.17, 15) is 0 Å². The van der Waals surface area contributed by atoms with Crippen molar-refractivity contribution in [1.29, 1.82) is 0 Å². The average molecular weight is 195 g/mol. The number of thioether (sulfide) groups is 1. The molecule has 0 radical (unpaired) electrons. The van der Waals surface area contributed by atoms with E-state index in [1.807, 2.05) is 23.9 Å². The van der Waals surface area contributed by atoms with Crippen LogP contribution in [0.3, 0.4) is 0 Å². The molecule has 0 spiro atoms. The molecule has 1 aliphatic heterocycles. The maximum Gasteiger partial charge on any atom is 0.125 e. The van der Waals surface area contributed by atoms with Gasteiger partial charge in [-0.05, 0) is 6.07 Å². The fourth-order valence-corrected chi connectivity index (χ4v) is 2.36. The lowest BCUT2D eigenvalue weighted by Gasteiger charge is -2.28. The van der Waals surface area contributed by atoms with Gasteiger partial charge in [-0.3, -0.25) is 0 Å². The second-order valence-corrected chi connectivity index (χ2v) is 4.26. The van der Waals surface area contributed by atoms with E-state index in [1.54, 1.807) is 6.20 Å². The molecule has 0 saturated carbocycles. The van der Waals surface area contributed by atoms with Crippen LogP contribution in [0.5, 0.6) is 0 Å². The molecule has 3 nitrogen and oxygen atoms in total. The molecule has 70 valence electrons. The van der Waals surface area contributed by atoms with E-state index in [2.05, 4.69) is 9.88 Å². The Bertz CT molecular complexity index is 284. The van der Waals surface area contributed by atoms with Gasteiger partial charge in [0, 0.05) is 42.5 Å². The summed E-state index contributed by atoms with van der Waals surface area (Å²) in [5, 5.41) is 0. The van der Waals surface area contributed by atoms with E-state index in [-0.39, 0.29) is 0 Å². The third-order valence-corrected chi connectivity index (χ3v) is 3.08. The third-order valence-electron chi connectivity index (χ3n) is 2.14. The van der Waals surface area contributed by atoms with Crippen LogP contribution in [0.2, 0.25) is 0 Å². The van der Waals surface area contributed by atoms with E-state index in [1.165, 1.54) is 17.2 Å². The summed E-state index contributed by atoms with van der Waals surface area (Å²) in [6.45, 7) is 2.24. The molecule has 2 heterocycles. The molecule has 1 aromatic heterocycles. The minimum atomic E-state index is 0.607. The number of nitrogen functional groups attached to an aromatic ring is 1. The highest BCUT2D eigenvalue weighted by molar-refractivity contribution is 7.99. The minimum Gasteiger partial charge on any atom is -0.384 e. The van der Waals surface area contributed by atoms with Crippen LogP contribution in [0.4, 0.5) is 11.5 Å². The standard InChI is InChI=1S/C9H13N3S/c10-9-7-8(1-2-11-9)12-3-5-13-6-4-12/h1-2,7H,3-6H2,(H2,10,11). The number of anilines is 2. The van der Waals surface area contributed by atoms with Gasteiger partial charge in [0.1, 0.15) is 5.82 Å². The SMILES string of the molecule is Nc1cc(N2CCSCC2)ccn1. The fourth-order valence-electron chi connectivity index (χ4n) is 1.45. The Kier molecular flexibility index (Phi) is 2.59. The Labute approximate surface area is 82.3 Å². The summed E-state index contributed by atoms with van der Waals surface area (Å²) in [6.07, 6.45) is 1.77. The maximum absolute atomic E-state index is 5.62. The van der Waals surface area contributed by atoms with Gasteiger partial charge in [-0.2, -0.15) is 11.8 Å². The molecule has 2 N–H and O–H groups in total. The number of nitrogens with zero attached hydrogens (tertiary/aromatic N) is 2. The largest absolute Gasteiger partial charge is 0.384 e. The first kappa shape index (κ1) is 8.69. The summed E-state index contributed by atoms with van der Waals surface area (Å²) in [5.74, 6) is 3.03. The molecule has 0 aromatic carbocycles. The lowest BCUT2D eigenvalue weighted by Crippen LogP contribution is -2.32. The molecule has 0 bridgehead atoms. The molecule has 4 heteroatoms. The minimum absolute atomic E-state index is 0.607. The van der Waals surface area contributed by atoms with Crippen molar-refractivity contribution in [1.82, 2.24) is 4.98 Å². The van der Waals surface area contributed by atoms with Gasteiger partial charge in [0.2, 0.25) is 0 Å². The molecule has 2 rings (SSSR count). The van der Waals surface area contributed by atoms with Crippen molar-refractivity contribution in [2.24, 2.45) is 0 Å². The van der Waals surface area contributed by atoms with Crippen molar-refractivity contribution >= 4 is 23.3 Å². The molecule has 0 amide bonds. The topological polar surface area (TPSA) is 42.1 Å². The summed E-state index contributed by atoms with van der Waals surface area (Å²) in [6, 6.07) is 3.96. The van der Waals surface area contributed by atoms with E-state index >= 15 is 0 Å². The highest BCUT2D eigenvalue weighted by Gasteiger charge is 2.10. The van der Waals surface area contributed by atoms with Crippen LogP contribution in [0.15, 0.2) is 18.3 Å². The van der Waals surface area contributed by atoms with Crippen molar-refractivity contribution in [2.45, 2.75) is 0 Å². The van der Waals surface area contributed by atoms with Gasteiger partial charge in [0.15, 0.2) is 0 Å². The Balaban J connectivity index is 2.14. The summed E-state index contributed by atoms with van der Waals surface area (Å²) >= 11 is 2.01. The Morgan fingerprint density at radius 2 is 2.15 bits per heavy atom. The first-order valence-electron chi connectivity index (χ1n) is 4.40. The van der Waals surface area contributed by atoms with Gasteiger partial charge in [-0.1, -0.05) is 0 Å². The van der Waals surface area contributed by atoms with Crippen molar-refractivity contribution in [3.8, 4) is 0 Å². The quantitative estimate of drug-likeness (QED) is 0.731. The molecule has 0 atom stereocenters. The monoisotopic (exact) mass is 195 g/mol. The van der Waals surface area contributed by atoms with E-state index in [4.69, 9.17) is 5.73 Å². The van der Waals surface area contributed by atoms with Crippen molar-refractivity contribution in [3.63, 3.8) is 0 Å². The number of nitrogens with two attached hydrogens (primary N) is 1. The first-order chi connectivity index (χ1) is 6.36. The van der Waals surface area contributed by atoms with Gasteiger partial charge in [-0.15, -0.1) is 0 Å². The Morgan fingerprint density at radius 1 is 1.38 bits per heavy atom. The van der Waals surface area contributed by atoms with E-state index < -0.39 is 0 Å². The number of rotatable bonds is 1. The summed E-state index contributed by atoms with van der Waals surface area (Å²) < 4.78 is 0. The van der Waals surface area contributed by atoms with E-state index in [0.29, 0.717) is 5.82 Å². The number of hydrogen-bond donors (Lipinski definition) is 1. The van der Waals surface area contributed by atoms with Crippen LogP contribution in [0.1, 0.15) is 0 Å². The van der Waals surface area contributed by atoms with E-state index in [0.717, 1.165) is 13.1 Å². The predicted octanol–water partition coefficient (Wildman–Crippen LogP) is 1.22. The normalized spacial score (nSPS) is 17.4. The predicted molar refractivity (Wildman–Crippen MR) is 58.2 cm³/mol. The fraction of sp³-hybridized carbons (Fsp3) is 0.444. The van der Waals surface area contributed by atoms with Crippen LogP contribution in [-0.4, -0.2) is 29.6 Å². The number of hydrogen-bond acceptors (Lipinski definition) is 4. The van der Waals surface area contributed by atoms with Crippen LogP contribution >= 0.6 is 11.8 Å². The van der Waals surface area contributed by atoms with Gasteiger partial charge in [-0.25, -0.2) is 4.98 Å². The second-order valence-electron chi connectivity index (χ2n) is 3.04. The zero-order chi connectivity index (χ0) is 9.10. The summed E-state index contributed by atoms with van der Waals surface area (Å²) in [4.78, 5) is 6.34. The average Bonchev–Trinajstić information content (AvgIpc) is 2.19. The molecule has 1 fully saturated rings. The van der Waals surface area contributed by atoms with Gasteiger partial charge >= 0.3 is 0 Å². The molecule has 1 saturated heterocycles. The van der Waals surface area contributed by atoms with Gasteiger partial charge in [0.05, 0.1) is 0 Å². The highest BCUT2D eigenvalue weighted by atomic mass is 32.2. The van der Waals surface area contributed by atoms with Gasteiger partial charge < -0.3 is 10.6 Å². The molecule has 13 heavy (non-hydrogen) atoms. The Morgan fingerprint density at radius 3 is 2.85 bits per heavy atom. The van der Waals surface area contributed by atoms with Crippen molar-refractivity contribution in [2.75, 3.05) is 35.2 Å². The molecular formula is C9H13N3S. The summed E-state index contributed by atoms with van der Waals surface area (Å²) in [7, 11) is 0. The van der Waals surface area contributed by atoms with Crippen LogP contribution in [-0.2, 0) is 0 Å². The lowest BCUT2D eigenvalue weighted by atomic mass is 10.3. The van der Waals surface area contributed by atoms with Crippen LogP contribution in [0, 0.1) is 0 Å². The highest BCUT2D eigenvalue weighted by Crippen LogP contribution is 2.19. The Hall–Kier alpha value is -0.900. The van der Waals surface area contributed by atoms with Gasteiger partial charge in [0.25, 0.3) is 0 Å². The van der Waals surface area contributed by atoms with Crippen molar-refractivity contribution < 1.29 is 0 Å². The second kappa shape index (κ2) is 3.87. The molecular weight excluding hydrogens is 182 g/mol. The van der Waals surface area contributed by atoms with Crippen LogP contribution in [0.25, 0.3) is 0 Å². The molecule has 0 aliphatic carbocycles. The van der Waals surface area contributed by atoms with Crippen molar-refractivity contribution in [3.05, 3.63) is 18.3 Å². The number of pyridine rings is 1. The van der Waals surface area contributed by atoms with Crippen LogP contribution < -0.4 is 10.6 Å². The summed E-state index contributed by atoms with van der Waals surface area (Å²) in [5.41, 5.74) is 6.82. The molecule has 0 unspecified atom stereocenters.